The minimum atomic E-state index is -4.44. The lowest BCUT2D eigenvalue weighted by Crippen LogP contribution is -2.51. The molecule has 1 amide bonds. The summed E-state index contributed by atoms with van der Waals surface area (Å²) in [5.74, 6) is -2.06. The molecular weight excluding hydrogens is 592 g/mol. The highest BCUT2D eigenvalue weighted by molar-refractivity contribution is 7.89. The number of hydrogen-bond acceptors (Lipinski definition) is 4. The van der Waals surface area contributed by atoms with E-state index in [-0.39, 0.29) is 34.3 Å². The summed E-state index contributed by atoms with van der Waals surface area (Å²) in [6, 6.07) is 12.5. The lowest BCUT2D eigenvalue weighted by atomic mass is 9.99. The molecule has 0 saturated carbocycles. The van der Waals surface area contributed by atoms with Crippen LogP contribution in [-0.2, 0) is 32.2 Å². The van der Waals surface area contributed by atoms with E-state index in [1.165, 1.54) is 30.3 Å². The molecule has 3 aromatic rings. The lowest BCUT2D eigenvalue weighted by molar-refractivity contribution is -0.142. The molecule has 1 aliphatic heterocycles. The van der Waals surface area contributed by atoms with Crippen LogP contribution in [0.5, 0.6) is 0 Å². The first kappa shape index (κ1) is 29.9. The molecule has 1 saturated heterocycles. The Morgan fingerprint density at radius 1 is 0.975 bits per heavy atom. The first-order valence-corrected chi connectivity index (χ1v) is 14.2. The number of carboxylic acids is 1. The summed E-state index contributed by atoms with van der Waals surface area (Å²) < 4.78 is 65.9. The number of sulfonamides is 1. The molecular formula is C27H23Cl2F3N2O5S. The van der Waals surface area contributed by atoms with Crippen molar-refractivity contribution < 1.29 is 36.3 Å². The van der Waals surface area contributed by atoms with E-state index in [4.69, 9.17) is 23.2 Å². The van der Waals surface area contributed by atoms with Gasteiger partial charge < -0.3 is 10.4 Å². The monoisotopic (exact) mass is 614 g/mol. The minimum Gasteiger partial charge on any atom is -0.480 e. The maximum atomic E-state index is 13.2. The summed E-state index contributed by atoms with van der Waals surface area (Å²) in [4.78, 5) is 24.9. The molecule has 2 N–H and O–H groups in total. The van der Waals surface area contributed by atoms with Gasteiger partial charge in [0.05, 0.1) is 10.5 Å². The molecule has 0 spiro atoms. The van der Waals surface area contributed by atoms with Gasteiger partial charge in [0.25, 0.3) is 0 Å². The van der Waals surface area contributed by atoms with E-state index in [0.29, 0.717) is 23.1 Å². The number of amides is 1. The van der Waals surface area contributed by atoms with Crippen molar-refractivity contribution in [3.63, 3.8) is 0 Å². The fourth-order valence-corrected chi connectivity index (χ4v) is 6.87. The summed E-state index contributed by atoms with van der Waals surface area (Å²) >= 11 is 11.9. The second-order valence-electron chi connectivity index (χ2n) is 9.25. The number of benzene rings is 3. The molecule has 0 bridgehead atoms. The Hall–Kier alpha value is -3.12. The Morgan fingerprint density at radius 2 is 1.52 bits per heavy atom. The minimum absolute atomic E-state index is 0.0632. The van der Waals surface area contributed by atoms with Crippen LogP contribution >= 0.6 is 23.2 Å². The van der Waals surface area contributed by atoms with Crippen molar-refractivity contribution >= 4 is 45.1 Å². The molecule has 2 atom stereocenters. The van der Waals surface area contributed by atoms with Crippen molar-refractivity contribution in [2.24, 2.45) is 0 Å². The molecule has 40 heavy (non-hydrogen) atoms. The smallest absolute Gasteiger partial charge is 0.416 e. The third kappa shape index (κ3) is 6.77. The maximum absolute atomic E-state index is 13.2. The fourth-order valence-electron chi connectivity index (χ4n) is 4.49. The molecule has 4 rings (SSSR count). The van der Waals surface area contributed by atoms with Crippen LogP contribution in [0, 0.1) is 0 Å². The van der Waals surface area contributed by atoms with Gasteiger partial charge in [-0.1, -0.05) is 59.6 Å². The van der Waals surface area contributed by atoms with E-state index < -0.39 is 45.7 Å². The largest absolute Gasteiger partial charge is 0.480 e. The molecule has 1 fully saturated rings. The van der Waals surface area contributed by atoms with E-state index in [0.717, 1.165) is 16.4 Å². The Kier molecular flexibility index (Phi) is 8.79. The van der Waals surface area contributed by atoms with Crippen LogP contribution in [0.15, 0.2) is 71.6 Å². The number of nitrogens with one attached hydrogen (secondary N) is 1. The predicted octanol–water partition coefficient (Wildman–Crippen LogP) is 5.64. The number of nitrogens with zero attached hydrogens (tertiary/aromatic N) is 1. The molecule has 1 heterocycles. The Morgan fingerprint density at radius 3 is 2.05 bits per heavy atom. The molecule has 3 aromatic carbocycles. The number of carboxylic acid groups (broad SMARTS) is 1. The number of aliphatic carboxylic acids is 1. The zero-order valence-electron chi connectivity index (χ0n) is 20.7. The number of carbonyl (C=O) groups is 2. The van der Waals surface area contributed by atoms with Crippen LogP contribution in [-0.4, -0.2) is 48.3 Å². The Bertz CT molecular complexity index is 1490. The SMILES string of the molecule is O=C(O)[C@H](Cc1ccc(-c2ccc(C(F)(F)F)cc2)cc1)NC(=O)[C@@H]1CCCN1S(=O)(=O)c1cc(Cl)cc(Cl)c1. The topological polar surface area (TPSA) is 104 Å². The number of halogens is 5. The average molecular weight is 615 g/mol. The molecule has 13 heteroatoms. The van der Waals surface area contributed by atoms with Gasteiger partial charge in [-0.2, -0.15) is 17.5 Å². The molecule has 1 aliphatic rings. The molecule has 0 radical (unpaired) electrons. The summed E-state index contributed by atoms with van der Waals surface area (Å²) in [5, 5.41) is 12.4. The van der Waals surface area contributed by atoms with Crippen molar-refractivity contribution in [2.75, 3.05) is 6.54 Å². The van der Waals surface area contributed by atoms with Crippen LogP contribution < -0.4 is 5.32 Å². The summed E-state index contributed by atoms with van der Waals surface area (Å²) in [6.07, 6.45) is -3.94. The molecule has 7 nitrogen and oxygen atoms in total. The van der Waals surface area contributed by atoms with E-state index in [9.17, 15) is 36.3 Å². The lowest BCUT2D eigenvalue weighted by Gasteiger charge is -2.25. The van der Waals surface area contributed by atoms with E-state index >= 15 is 0 Å². The van der Waals surface area contributed by atoms with Crippen molar-refractivity contribution in [1.82, 2.24) is 9.62 Å². The van der Waals surface area contributed by atoms with Gasteiger partial charge in [0.1, 0.15) is 12.1 Å². The first-order chi connectivity index (χ1) is 18.8. The molecule has 0 aliphatic carbocycles. The first-order valence-electron chi connectivity index (χ1n) is 12.0. The predicted molar refractivity (Wildman–Crippen MR) is 144 cm³/mol. The van der Waals surface area contributed by atoms with Gasteiger partial charge >= 0.3 is 12.1 Å². The molecule has 212 valence electrons. The van der Waals surface area contributed by atoms with Gasteiger partial charge in [-0.3, -0.25) is 4.79 Å². The molecule has 0 aromatic heterocycles. The van der Waals surface area contributed by atoms with Crippen molar-refractivity contribution in [3.05, 3.63) is 87.9 Å². The van der Waals surface area contributed by atoms with E-state index in [1.54, 1.807) is 24.3 Å². The summed E-state index contributed by atoms with van der Waals surface area (Å²) in [7, 11) is -4.14. The van der Waals surface area contributed by atoms with E-state index in [2.05, 4.69) is 5.32 Å². The normalized spacial score (nSPS) is 17.0. The van der Waals surface area contributed by atoms with Crippen molar-refractivity contribution in [1.29, 1.82) is 0 Å². The maximum Gasteiger partial charge on any atom is 0.416 e. The third-order valence-electron chi connectivity index (χ3n) is 6.50. The Balaban J connectivity index is 1.46. The van der Waals surface area contributed by atoms with Gasteiger partial charge in [0.2, 0.25) is 15.9 Å². The number of hydrogen-bond donors (Lipinski definition) is 2. The van der Waals surface area contributed by atoms with Gasteiger partial charge in [-0.25, -0.2) is 13.2 Å². The van der Waals surface area contributed by atoms with Gasteiger partial charge in [-0.05, 0) is 59.9 Å². The quantitative estimate of drug-likeness (QED) is 0.341. The standard InChI is InChI=1S/C27H23Cl2F3N2O5S/c28-20-13-21(29)15-22(14-20)40(38,39)34-11-1-2-24(34)25(35)33-23(26(36)37)12-16-3-5-17(6-4-16)18-7-9-19(10-8-18)27(30,31)32/h3-10,13-15,23-24H,1-2,11-12H2,(H,33,35)(H,36,37)/t23-,24-/m0/s1. The van der Waals surface area contributed by atoms with Crippen molar-refractivity contribution in [3.8, 4) is 11.1 Å². The number of rotatable bonds is 8. The highest BCUT2D eigenvalue weighted by Crippen LogP contribution is 2.32. The van der Waals surface area contributed by atoms with Gasteiger partial charge in [0.15, 0.2) is 0 Å². The fraction of sp³-hybridized carbons (Fsp3) is 0.259. The van der Waals surface area contributed by atoms with Gasteiger partial charge in [0, 0.05) is 23.0 Å². The van der Waals surface area contributed by atoms with Crippen LogP contribution in [0.25, 0.3) is 11.1 Å². The summed E-state index contributed by atoms with van der Waals surface area (Å²) in [6.45, 7) is 0.0632. The highest BCUT2D eigenvalue weighted by Gasteiger charge is 2.40. The number of alkyl halides is 3. The van der Waals surface area contributed by atoms with Gasteiger partial charge in [-0.15, -0.1) is 0 Å². The second-order valence-corrected chi connectivity index (χ2v) is 12.0. The van der Waals surface area contributed by atoms with Crippen LogP contribution in [0.1, 0.15) is 24.0 Å². The number of carbonyl (C=O) groups excluding carboxylic acids is 1. The zero-order valence-corrected chi connectivity index (χ0v) is 23.0. The van der Waals surface area contributed by atoms with E-state index in [1.807, 2.05) is 0 Å². The van der Waals surface area contributed by atoms with Crippen molar-refractivity contribution in [2.45, 2.75) is 42.4 Å². The van der Waals surface area contributed by atoms with Crippen LogP contribution in [0.2, 0.25) is 10.0 Å². The third-order valence-corrected chi connectivity index (χ3v) is 8.83. The molecule has 0 unspecified atom stereocenters. The second kappa shape index (κ2) is 11.8. The summed E-state index contributed by atoms with van der Waals surface area (Å²) in [5.41, 5.74) is 0.957. The average Bonchev–Trinajstić information content (AvgIpc) is 3.39. The van der Waals surface area contributed by atoms with Crippen LogP contribution in [0.4, 0.5) is 13.2 Å². The zero-order chi connectivity index (χ0) is 29.2. The van der Waals surface area contributed by atoms with Crippen LogP contribution in [0.3, 0.4) is 0 Å². The highest BCUT2D eigenvalue weighted by atomic mass is 35.5. The Labute approximate surface area is 238 Å².